The molecule has 0 amide bonds. The number of rotatable bonds is 7. The number of hydrogen-bond acceptors (Lipinski definition) is 4. The van der Waals surface area contributed by atoms with Crippen molar-refractivity contribution >= 4 is 38.4 Å². The first-order valence-corrected chi connectivity index (χ1v) is 9.89. The molecule has 0 radical (unpaired) electrons. The van der Waals surface area contributed by atoms with E-state index in [1.165, 1.54) is 11.1 Å². The molecule has 1 heterocycles. The molecule has 0 aliphatic rings. The predicted molar refractivity (Wildman–Crippen MR) is 96.4 cm³/mol. The molecule has 2 rings (SSSR count). The first kappa shape index (κ1) is 17.2. The van der Waals surface area contributed by atoms with Crippen molar-refractivity contribution in [3.63, 3.8) is 0 Å². The fourth-order valence-electron chi connectivity index (χ4n) is 2.05. The number of nitrogens with one attached hydrogen (secondary N) is 1. The lowest BCUT2D eigenvalue weighted by molar-refractivity contribution is 0.665. The zero-order valence-corrected chi connectivity index (χ0v) is 14.6. The fourth-order valence-corrected chi connectivity index (χ4v) is 3.52. The molecule has 0 aliphatic carbocycles. The van der Waals surface area contributed by atoms with Crippen molar-refractivity contribution in [1.29, 1.82) is 0 Å². The summed E-state index contributed by atoms with van der Waals surface area (Å²) < 4.78 is 13.9. The average molecular weight is 339 g/mol. The van der Waals surface area contributed by atoms with E-state index in [0.717, 1.165) is 34.5 Å². The van der Waals surface area contributed by atoms with Crippen LogP contribution in [0, 0.1) is 13.8 Å². The topological polar surface area (TPSA) is 80.9 Å². The van der Waals surface area contributed by atoms with Crippen molar-refractivity contribution in [2.75, 3.05) is 12.3 Å². The van der Waals surface area contributed by atoms with Crippen molar-refractivity contribution in [2.24, 2.45) is 5.14 Å². The van der Waals surface area contributed by atoms with Gasteiger partial charge in [-0.3, -0.25) is 0 Å². The van der Waals surface area contributed by atoms with Gasteiger partial charge in [-0.1, -0.05) is 0 Å². The minimum Gasteiger partial charge on any atom is -0.248 e. The van der Waals surface area contributed by atoms with Crippen LogP contribution in [0.25, 0.3) is 10.9 Å². The summed E-state index contributed by atoms with van der Waals surface area (Å²) in [6.45, 7) is 4.81. The standard InChI is InChI=1S/C15H22N4OS2/c1-11-8-13-14(9-12(11)2)17-10-18-15(13)21-7-5-4-6-19-22(3,16)20/h8-10H,3-7H2,1-2H3,(H3,16,19,20). The Bertz CT molecular complexity index is 759. The highest BCUT2D eigenvalue weighted by atomic mass is 32.2. The molecule has 2 aromatic rings. The molecule has 1 unspecified atom stereocenters. The third kappa shape index (κ3) is 4.95. The van der Waals surface area contributed by atoms with Crippen molar-refractivity contribution < 1.29 is 4.21 Å². The van der Waals surface area contributed by atoms with E-state index in [1.807, 2.05) is 0 Å². The van der Waals surface area contributed by atoms with E-state index < -0.39 is 9.89 Å². The van der Waals surface area contributed by atoms with Crippen LogP contribution in [0.2, 0.25) is 0 Å². The molecule has 0 spiro atoms. The maximum absolute atomic E-state index is 11.2. The number of nitrogens with zero attached hydrogens (tertiary/aromatic N) is 2. The summed E-state index contributed by atoms with van der Waals surface area (Å²) >= 11 is 1.73. The SMILES string of the molecule is C=S(N)(=O)NCCCCSc1ncnc2cc(C)c(C)cc12. The number of benzene rings is 1. The predicted octanol–water partition coefficient (Wildman–Crippen LogP) is 2.21. The highest BCUT2D eigenvalue weighted by Gasteiger charge is 2.06. The lowest BCUT2D eigenvalue weighted by atomic mass is 10.1. The average Bonchev–Trinajstić information content (AvgIpc) is 2.43. The molecule has 120 valence electrons. The molecule has 0 fully saturated rings. The Balaban J connectivity index is 1.93. The van der Waals surface area contributed by atoms with Crippen LogP contribution in [0.15, 0.2) is 23.5 Å². The fraction of sp³-hybridized carbons (Fsp3) is 0.400. The van der Waals surface area contributed by atoms with Gasteiger partial charge < -0.3 is 0 Å². The lowest BCUT2D eigenvalue weighted by Crippen LogP contribution is -2.31. The summed E-state index contributed by atoms with van der Waals surface area (Å²) in [6.07, 6.45) is 3.51. The van der Waals surface area contributed by atoms with Gasteiger partial charge in [-0.2, -0.15) is 0 Å². The van der Waals surface area contributed by atoms with Crippen LogP contribution in [0.5, 0.6) is 0 Å². The summed E-state index contributed by atoms with van der Waals surface area (Å²) in [5.41, 5.74) is 3.48. The molecule has 1 aromatic carbocycles. The summed E-state index contributed by atoms with van der Waals surface area (Å²) in [4.78, 5) is 8.74. The first-order chi connectivity index (χ1) is 10.4. The number of fused-ring (bicyclic) bond motifs is 1. The monoisotopic (exact) mass is 338 g/mol. The normalized spacial score (nSPS) is 14.1. The van der Waals surface area contributed by atoms with Gasteiger partial charge in [-0.25, -0.2) is 24.0 Å². The largest absolute Gasteiger partial charge is 0.248 e. The highest BCUT2D eigenvalue weighted by molar-refractivity contribution is 7.99. The van der Waals surface area contributed by atoms with Gasteiger partial charge in [0.15, 0.2) is 0 Å². The Morgan fingerprint density at radius 2 is 2.00 bits per heavy atom. The van der Waals surface area contributed by atoms with E-state index in [0.29, 0.717) is 6.54 Å². The van der Waals surface area contributed by atoms with Gasteiger partial charge in [0.25, 0.3) is 0 Å². The minimum absolute atomic E-state index is 0.613. The molecular formula is C15H22N4OS2. The van der Waals surface area contributed by atoms with Gasteiger partial charge in [0.2, 0.25) is 0 Å². The van der Waals surface area contributed by atoms with Crippen LogP contribution in [0.1, 0.15) is 24.0 Å². The second-order valence-corrected chi connectivity index (χ2v) is 8.13. The molecule has 5 nitrogen and oxygen atoms in total. The zero-order valence-electron chi connectivity index (χ0n) is 13.0. The molecule has 3 N–H and O–H groups in total. The molecule has 0 bridgehead atoms. The molecule has 1 aromatic heterocycles. The molecule has 22 heavy (non-hydrogen) atoms. The lowest BCUT2D eigenvalue weighted by Gasteiger charge is -2.08. The number of unbranched alkanes of at least 4 members (excludes halogenated alkanes) is 1. The molecule has 0 aliphatic heterocycles. The molecule has 0 saturated carbocycles. The summed E-state index contributed by atoms with van der Waals surface area (Å²) in [7, 11) is -2.58. The third-order valence-corrected chi connectivity index (χ3v) is 5.15. The van der Waals surface area contributed by atoms with Crippen LogP contribution in [-0.4, -0.2) is 32.3 Å². The van der Waals surface area contributed by atoms with Crippen LogP contribution in [-0.2, 0) is 9.89 Å². The zero-order chi connectivity index (χ0) is 16.2. The Kier molecular flexibility index (Phi) is 5.80. The van der Waals surface area contributed by atoms with Crippen LogP contribution < -0.4 is 9.86 Å². The summed E-state index contributed by atoms with van der Waals surface area (Å²) in [5.74, 6) is 4.31. The molecule has 0 saturated heterocycles. The van der Waals surface area contributed by atoms with Gasteiger partial charge >= 0.3 is 0 Å². The summed E-state index contributed by atoms with van der Waals surface area (Å²) in [5, 5.41) is 7.44. The second kappa shape index (κ2) is 7.41. The van der Waals surface area contributed by atoms with Crippen molar-refractivity contribution in [3.8, 4) is 0 Å². The number of hydrogen-bond donors (Lipinski definition) is 2. The van der Waals surface area contributed by atoms with Crippen molar-refractivity contribution in [2.45, 2.75) is 31.7 Å². The van der Waals surface area contributed by atoms with Crippen molar-refractivity contribution in [1.82, 2.24) is 14.7 Å². The Morgan fingerprint density at radius 1 is 1.27 bits per heavy atom. The number of nitrogens with two attached hydrogens (primary N) is 1. The Hall–Kier alpha value is -1.15. The van der Waals surface area contributed by atoms with Gasteiger partial charge in [-0.05, 0) is 61.6 Å². The van der Waals surface area contributed by atoms with E-state index in [9.17, 15) is 4.21 Å². The maximum Gasteiger partial charge on any atom is 0.117 e. The van der Waals surface area contributed by atoms with Crippen LogP contribution in [0.4, 0.5) is 0 Å². The molecule has 7 heteroatoms. The van der Waals surface area contributed by atoms with E-state index in [1.54, 1.807) is 18.1 Å². The number of aryl methyl sites for hydroxylation is 2. The number of aromatic nitrogens is 2. The van der Waals surface area contributed by atoms with E-state index in [4.69, 9.17) is 5.14 Å². The van der Waals surface area contributed by atoms with Gasteiger partial charge in [0, 0.05) is 11.9 Å². The van der Waals surface area contributed by atoms with E-state index in [-0.39, 0.29) is 0 Å². The second-order valence-electron chi connectivity index (χ2n) is 5.31. The molecule has 1 atom stereocenters. The van der Waals surface area contributed by atoms with E-state index >= 15 is 0 Å². The Morgan fingerprint density at radius 3 is 2.73 bits per heavy atom. The Labute approximate surface area is 136 Å². The first-order valence-electron chi connectivity index (χ1n) is 7.11. The van der Waals surface area contributed by atoms with Crippen molar-refractivity contribution in [3.05, 3.63) is 29.6 Å². The van der Waals surface area contributed by atoms with Crippen LogP contribution in [0.3, 0.4) is 0 Å². The van der Waals surface area contributed by atoms with Gasteiger partial charge in [0.05, 0.1) is 15.4 Å². The highest BCUT2D eigenvalue weighted by Crippen LogP contribution is 2.27. The van der Waals surface area contributed by atoms with Crippen LogP contribution >= 0.6 is 11.8 Å². The smallest absolute Gasteiger partial charge is 0.117 e. The minimum atomic E-state index is -2.58. The summed E-state index contributed by atoms with van der Waals surface area (Å²) in [6, 6.07) is 4.26. The third-order valence-electron chi connectivity index (χ3n) is 3.37. The van der Waals surface area contributed by atoms with E-state index in [2.05, 4.69) is 46.5 Å². The van der Waals surface area contributed by atoms with Gasteiger partial charge in [-0.15, -0.1) is 11.8 Å². The van der Waals surface area contributed by atoms with Gasteiger partial charge in [0.1, 0.15) is 11.4 Å². The maximum atomic E-state index is 11.2. The number of thioether (sulfide) groups is 1. The quantitative estimate of drug-likeness (QED) is 0.351. The molecular weight excluding hydrogens is 316 g/mol.